The first-order chi connectivity index (χ1) is 29.2. The second-order valence-electron chi connectivity index (χ2n) is 16.0. The van der Waals surface area contributed by atoms with Crippen LogP contribution in [-0.2, 0) is 52.1 Å². The number of methoxy groups -OCH3 is 1. The van der Waals surface area contributed by atoms with Crippen LogP contribution in [0, 0.1) is 23.2 Å². The maximum absolute atomic E-state index is 13.8. The lowest BCUT2D eigenvalue weighted by molar-refractivity contribution is -0.150. The summed E-state index contributed by atoms with van der Waals surface area (Å²) < 4.78 is 17.1. The number of carboxylic acid groups (broad SMARTS) is 2. The summed E-state index contributed by atoms with van der Waals surface area (Å²) in [7, 11) is 3.11. The maximum Gasteiger partial charge on any atom is 0.331 e. The van der Waals surface area contributed by atoms with Crippen molar-refractivity contribution in [2.24, 2.45) is 17.8 Å². The molecule has 61 heavy (non-hydrogen) atoms. The van der Waals surface area contributed by atoms with Crippen molar-refractivity contribution in [1.29, 1.82) is 5.41 Å². The number of nitrogens with one attached hydrogen (secondary N) is 3. The van der Waals surface area contributed by atoms with Crippen LogP contribution in [0.1, 0.15) is 68.7 Å². The minimum Gasteiger partial charge on any atom is -0.494 e. The fourth-order valence-corrected chi connectivity index (χ4v) is 7.63. The predicted molar refractivity (Wildman–Crippen MR) is 233 cm³/mol. The van der Waals surface area contributed by atoms with E-state index < -0.39 is 54.1 Å². The smallest absolute Gasteiger partial charge is 0.331 e. The number of anilines is 1. The average molecular weight is 834 g/mol. The molecule has 0 heterocycles. The zero-order valence-electron chi connectivity index (χ0n) is 35.2. The Morgan fingerprint density at radius 2 is 1.52 bits per heavy atom. The molecule has 1 aliphatic carbocycles. The van der Waals surface area contributed by atoms with Gasteiger partial charge in [0.15, 0.2) is 0 Å². The van der Waals surface area contributed by atoms with E-state index in [0.29, 0.717) is 30.9 Å². The minimum absolute atomic E-state index is 0.00377. The number of esters is 1. The van der Waals surface area contributed by atoms with E-state index in [2.05, 4.69) is 37.6 Å². The molecule has 1 saturated carbocycles. The Bertz CT molecular complexity index is 2190. The Balaban J connectivity index is 1.36. The number of benzene rings is 4. The van der Waals surface area contributed by atoms with Gasteiger partial charge in [0, 0.05) is 31.8 Å². The molecule has 13 heteroatoms. The van der Waals surface area contributed by atoms with Crippen molar-refractivity contribution in [2.45, 2.75) is 71.2 Å². The normalized spacial score (nSPS) is 17.5. The number of carboxylic acids is 2. The number of ether oxygens (including phenoxy) is 3. The van der Waals surface area contributed by atoms with Gasteiger partial charge in [-0.3, -0.25) is 19.2 Å². The van der Waals surface area contributed by atoms with Gasteiger partial charge in [0.2, 0.25) is 5.91 Å². The molecule has 13 nitrogen and oxygen atoms in total. The van der Waals surface area contributed by atoms with Crippen LogP contribution in [-0.4, -0.2) is 67.1 Å². The van der Waals surface area contributed by atoms with E-state index >= 15 is 0 Å². The second-order valence-corrected chi connectivity index (χ2v) is 16.0. The van der Waals surface area contributed by atoms with Crippen LogP contribution in [0.3, 0.4) is 0 Å². The maximum atomic E-state index is 13.8. The lowest BCUT2D eigenvalue weighted by atomic mass is 9.84. The first-order valence-corrected chi connectivity index (χ1v) is 20.2. The number of hydroxylamine groups is 1. The number of amides is 1. The van der Waals surface area contributed by atoms with E-state index in [1.165, 1.54) is 19.3 Å². The monoisotopic (exact) mass is 833 g/mol. The molecule has 1 aliphatic rings. The highest BCUT2D eigenvalue weighted by atomic mass is 16.7. The third kappa shape index (κ3) is 12.4. The van der Waals surface area contributed by atoms with Crippen LogP contribution in [0.25, 0.3) is 28.3 Å². The molecule has 4 aromatic carbocycles. The number of carbonyl (C=O) groups is 4. The van der Waals surface area contributed by atoms with Gasteiger partial charge in [-0.1, -0.05) is 81.4 Å². The summed E-state index contributed by atoms with van der Waals surface area (Å²) >= 11 is 0. The molecular formula is C48H55N3O10. The fourth-order valence-electron chi connectivity index (χ4n) is 7.63. The van der Waals surface area contributed by atoms with Crippen molar-refractivity contribution in [3.05, 3.63) is 113 Å². The molecule has 4 atom stereocenters. The van der Waals surface area contributed by atoms with Gasteiger partial charge in [-0.05, 0) is 106 Å². The third-order valence-corrected chi connectivity index (χ3v) is 10.7. The van der Waals surface area contributed by atoms with E-state index in [9.17, 15) is 29.4 Å². The molecule has 4 unspecified atom stereocenters. The van der Waals surface area contributed by atoms with Crippen LogP contribution >= 0.6 is 0 Å². The Morgan fingerprint density at radius 1 is 0.869 bits per heavy atom. The quantitative estimate of drug-likeness (QED) is 0.0189. The molecule has 5 N–H and O–H groups in total. The van der Waals surface area contributed by atoms with E-state index in [-0.39, 0.29) is 18.4 Å². The highest BCUT2D eigenvalue weighted by Gasteiger charge is 2.51. The molecule has 0 saturated heterocycles. The van der Waals surface area contributed by atoms with E-state index in [1.807, 2.05) is 66.7 Å². The third-order valence-electron chi connectivity index (χ3n) is 10.7. The van der Waals surface area contributed by atoms with Crippen molar-refractivity contribution in [2.75, 3.05) is 26.1 Å². The number of unbranched alkanes of at least 4 members (excludes halogenated alkanes) is 1. The van der Waals surface area contributed by atoms with Crippen molar-refractivity contribution < 1.29 is 48.4 Å². The van der Waals surface area contributed by atoms with Crippen LogP contribution in [0.4, 0.5) is 5.69 Å². The standard InChI is InChI=1S/C48H55N3O10/c1-48(2,3)35-15-19-38(33(24-35)28-58-5)39-20-16-36(51-46(55)41-26-42(61-50-4)40(27-43(52)53)45(41)47(56)57)25-34(39)29-60-44(54)21-10-30-8-11-31(12-9-30)32-13-17-37(18-14-32)59-23-7-6-22-49/h8-22,24-25,40-42,45,49-50H,6-7,23,26-29H2,1-5H3,(H,51,55)(H,52,53)(H,56,57)/b21-10+,49-22?. The molecule has 1 fully saturated rings. The SMILES string of the molecule is CNOC1CC(C(=O)Nc2ccc(-c3ccc(C(C)(C)C)cc3COC)c(COC(=O)/C=C/c3ccc(-c4ccc(OCCCC=N)cc4)cc3)c2)C(C(=O)O)C1CC(=O)O. The number of rotatable bonds is 20. The molecular weight excluding hydrogens is 779 g/mol. The summed E-state index contributed by atoms with van der Waals surface area (Å²) in [5.41, 5.74) is 9.72. The molecule has 1 amide bonds. The summed E-state index contributed by atoms with van der Waals surface area (Å²) in [6, 6.07) is 26.9. The van der Waals surface area contributed by atoms with E-state index in [4.69, 9.17) is 24.5 Å². The molecule has 0 aromatic heterocycles. The number of carbonyl (C=O) groups excluding carboxylic acids is 2. The van der Waals surface area contributed by atoms with E-state index in [0.717, 1.165) is 51.1 Å². The fraction of sp³-hybridized carbons (Fsp3) is 0.354. The van der Waals surface area contributed by atoms with Gasteiger partial charge < -0.3 is 35.1 Å². The lowest BCUT2D eigenvalue weighted by Gasteiger charge is -2.23. The van der Waals surface area contributed by atoms with Crippen molar-refractivity contribution in [1.82, 2.24) is 5.48 Å². The first-order valence-electron chi connectivity index (χ1n) is 20.2. The van der Waals surface area contributed by atoms with Gasteiger partial charge in [0.25, 0.3) is 0 Å². The van der Waals surface area contributed by atoms with Crippen molar-refractivity contribution >= 4 is 41.8 Å². The second kappa shape index (κ2) is 21.4. The topological polar surface area (TPSA) is 194 Å². The zero-order chi connectivity index (χ0) is 44.1. The molecule has 322 valence electrons. The summed E-state index contributed by atoms with van der Waals surface area (Å²) in [5, 5.41) is 29.6. The molecule has 0 radical (unpaired) electrons. The van der Waals surface area contributed by atoms with Crippen LogP contribution in [0.15, 0.2) is 91.0 Å². The highest BCUT2D eigenvalue weighted by Crippen LogP contribution is 2.42. The Morgan fingerprint density at radius 3 is 2.13 bits per heavy atom. The number of hydrogen-bond acceptors (Lipinski definition) is 10. The summed E-state index contributed by atoms with van der Waals surface area (Å²) in [6.07, 6.45) is 4.57. The van der Waals surface area contributed by atoms with Gasteiger partial charge in [0.05, 0.1) is 37.6 Å². The van der Waals surface area contributed by atoms with Crippen LogP contribution in [0.5, 0.6) is 5.75 Å². The van der Waals surface area contributed by atoms with Crippen molar-refractivity contribution in [3.8, 4) is 28.0 Å². The van der Waals surface area contributed by atoms with Gasteiger partial charge in [-0.15, -0.1) is 0 Å². The average Bonchev–Trinajstić information content (AvgIpc) is 3.58. The van der Waals surface area contributed by atoms with Crippen LogP contribution in [0.2, 0.25) is 0 Å². The molecule has 0 aliphatic heterocycles. The highest BCUT2D eigenvalue weighted by molar-refractivity contribution is 5.96. The van der Waals surface area contributed by atoms with Gasteiger partial charge in [-0.25, -0.2) is 10.3 Å². The Kier molecular flexibility index (Phi) is 16.1. The van der Waals surface area contributed by atoms with E-state index in [1.54, 1.807) is 25.3 Å². The molecule has 4 aromatic rings. The Labute approximate surface area is 356 Å². The van der Waals surface area contributed by atoms with Gasteiger partial charge in [-0.2, -0.15) is 0 Å². The summed E-state index contributed by atoms with van der Waals surface area (Å²) in [6.45, 7) is 7.08. The number of aliphatic carboxylic acids is 2. The largest absolute Gasteiger partial charge is 0.494 e. The molecule has 0 bridgehead atoms. The van der Waals surface area contributed by atoms with Gasteiger partial charge >= 0.3 is 17.9 Å². The predicted octanol–water partition coefficient (Wildman–Crippen LogP) is 8.30. The Hall–Kier alpha value is -6.15. The molecule has 0 spiro atoms. The minimum atomic E-state index is -1.30. The van der Waals surface area contributed by atoms with Crippen LogP contribution < -0.4 is 15.5 Å². The van der Waals surface area contributed by atoms with Gasteiger partial charge in [0.1, 0.15) is 12.4 Å². The number of hydrogen-bond donors (Lipinski definition) is 5. The summed E-state index contributed by atoms with van der Waals surface area (Å²) in [5.74, 6) is -6.20. The lowest BCUT2D eigenvalue weighted by Crippen LogP contribution is -2.35. The van der Waals surface area contributed by atoms with Crippen molar-refractivity contribution in [3.63, 3.8) is 0 Å². The molecule has 5 rings (SSSR count). The summed E-state index contributed by atoms with van der Waals surface area (Å²) in [4.78, 5) is 56.6. The zero-order valence-corrected chi connectivity index (χ0v) is 35.2. The first kappa shape index (κ1) is 45.9.